The average molecular weight is 323 g/mol. The van der Waals surface area contributed by atoms with E-state index >= 15 is 0 Å². The fourth-order valence-corrected chi connectivity index (χ4v) is 4.49. The van der Waals surface area contributed by atoms with Crippen LogP contribution in [0.4, 0.5) is 0 Å². The number of nitrogens with zero attached hydrogens (tertiary/aromatic N) is 1. The number of fused-ring (bicyclic) bond motifs is 1. The molecule has 0 N–H and O–H groups in total. The van der Waals surface area contributed by atoms with Crippen molar-refractivity contribution in [3.8, 4) is 0 Å². The molecule has 0 spiro atoms. The van der Waals surface area contributed by atoms with Crippen LogP contribution in [0.3, 0.4) is 0 Å². The molecule has 2 nitrogen and oxygen atoms in total. The van der Waals surface area contributed by atoms with Crippen molar-refractivity contribution in [2.24, 2.45) is 0 Å². The van der Waals surface area contributed by atoms with Crippen LogP contribution in [0.2, 0.25) is 0 Å². The first-order chi connectivity index (χ1) is 11.2. The van der Waals surface area contributed by atoms with E-state index in [1.165, 1.54) is 34.2 Å². The first-order valence-electron chi connectivity index (χ1n) is 9.02. The van der Waals surface area contributed by atoms with Crippen molar-refractivity contribution in [3.05, 3.63) is 52.4 Å². The third-order valence-corrected chi connectivity index (χ3v) is 5.35. The molecule has 0 saturated heterocycles. The largest absolute Gasteiger partial charge is 0.357 e. The maximum absolute atomic E-state index is 5.27. The van der Waals surface area contributed by atoms with Gasteiger partial charge in [0.1, 0.15) is 0 Å². The summed E-state index contributed by atoms with van der Waals surface area (Å²) in [6.07, 6.45) is 7.27. The molecular weight excluding hydrogens is 294 g/mol. The second-order valence-electron chi connectivity index (χ2n) is 8.49. The summed E-state index contributed by atoms with van der Waals surface area (Å²) in [4.78, 5) is 0. The first kappa shape index (κ1) is 17.0. The van der Waals surface area contributed by atoms with Crippen molar-refractivity contribution in [3.63, 3.8) is 0 Å². The summed E-state index contributed by atoms with van der Waals surface area (Å²) in [5.74, 6) is 0.815. The Kier molecular flexibility index (Phi) is 4.19. The zero-order chi connectivity index (χ0) is 17.5. The maximum Gasteiger partial charge on any atom is 0.159 e. The van der Waals surface area contributed by atoms with Gasteiger partial charge in [-0.2, -0.15) is 0 Å². The molecule has 0 unspecified atom stereocenters. The zero-order valence-electron chi connectivity index (χ0n) is 15.9. The third-order valence-electron chi connectivity index (χ3n) is 5.35. The lowest BCUT2D eigenvalue weighted by molar-refractivity contribution is 0.403. The molecule has 0 radical (unpaired) electrons. The minimum atomic E-state index is 0.227. The van der Waals surface area contributed by atoms with Crippen molar-refractivity contribution < 1.29 is 4.52 Å². The van der Waals surface area contributed by atoms with Crippen LogP contribution in [0.15, 0.2) is 28.9 Å². The Labute approximate surface area is 146 Å². The van der Waals surface area contributed by atoms with Crippen LogP contribution in [0, 0.1) is 0 Å². The standard InChI is InChI=1S/C22H29NO/c1-7-8-16-12-19-20(22(5,6)14-21(19,3)4)13-18(16)15(2)11-17-9-10-23-24-17/h9-13H,7-8,14H2,1-6H3. The Balaban J connectivity index is 2.16. The molecule has 1 heterocycles. The Morgan fingerprint density at radius 2 is 1.83 bits per heavy atom. The van der Waals surface area contributed by atoms with Crippen LogP contribution in [0.1, 0.15) is 82.4 Å². The van der Waals surface area contributed by atoms with E-state index in [0.717, 1.165) is 18.6 Å². The second kappa shape index (κ2) is 5.91. The molecule has 2 heteroatoms. The lowest BCUT2D eigenvalue weighted by Crippen LogP contribution is -2.18. The molecule has 0 atom stereocenters. The minimum Gasteiger partial charge on any atom is -0.357 e. The van der Waals surface area contributed by atoms with Gasteiger partial charge in [-0.25, -0.2) is 0 Å². The Bertz CT molecular complexity index is 764. The summed E-state index contributed by atoms with van der Waals surface area (Å²) in [6, 6.07) is 6.82. The summed E-state index contributed by atoms with van der Waals surface area (Å²) in [7, 11) is 0. The molecule has 0 aliphatic heterocycles. The smallest absolute Gasteiger partial charge is 0.159 e. The number of allylic oxidation sites excluding steroid dienone is 1. The van der Waals surface area contributed by atoms with Gasteiger partial charge in [0.15, 0.2) is 5.76 Å². The Hall–Kier alpha value is -1.83. The van der Waals surface area contributed by atoms with Crippen molar-refractivity contribution in [2.45, 2.75) is 71.6 Å². The van der Waals surface area contributed by atoms with Crippen LogP contribution in [-0.4, -0.2) is 5.16 Å². The van der Waals surface area contributed by atoms with Crippen LogP contribution in [0.25, 0.3) is 11.6 Å². The normalized spacial score (nSPS) is 18.7. The summed E-state index contributed by atoms with van der Waals surface area (Å²) >= 11 is 0. The molecule has 3 rings (SSSR count). The van der Waals surface area contributed by atoms with E-state index in [4.69, 9.17) is 4.52 Å². The fourth-order valence-electron chi connectivity index (χ4n) is 4.49. The summed E-state index contributed by atoms with van der Waals surface area (Å²) in [6.45, 7) is 13.9. The second-order valence-corrected chi connectivity index (χ2v) is 8.49. The van der Waals surface area contributed by atoms with E-state index < -0.39 is 0 Å². The average Bonchev–Trinajstić information content (AvgIpc) is 3.04. The number of hydrogen-bond acceptors (Lipinski definition) is 2. The molecule has 1 aromatic heterocycles. The van der Waals surface area contributed by atoms with Crippen LogP contribution >= 0.6 is 0 Å². The van der Waals surface area contributed by atoms with Crippen molar-refractivity contribution in [2.75, 3.05) is 0 Å². The highest BCUT2D eigenvalue weighted by Gasteiger charge is 2.42. The molecular formula is C22H29NO. The monoisotopic (exact) mass is 323 g/mol. The van der Waals surface area contributed by atoms with E-state index in [2.05, 4.69) is 64.9 Å². The van der Waals surface area contributed by atoms with Crippen LogP contribution in [-0.2, 0) is 17.3 Å². The molecule has 0 bridgehead atoms. The SMILES string of the molecule is CCCc1cc2c(cc1C(C)=Cc1ccno1)C(C)(C)CC2(C)C. The molecule has 0 fully saturated rings. The van der Waals surface area contributed by atoms with Crippen molar-refractivity contribution in [1.82, 2.24) is 5.16 Å². The van der Waals surface area contributed by atoms with Crippen LogP contribution in [0.5, 0.6) is 0 Å². The topological polar surface area (TPSA) is 26.0 Å². The van der Waals surface area contributed by atoms with E-state index in [0.29, 0.717) is 0 Å². The third kappa shape index (κ3) is 2.94. The molecule has 1 aromatic carbocycles. The van der Waals surface area contributed by atoms with Gasteiger partial charge in [0, 0.05) is 6.07 Å². The predicted octanol–water partition coefficient (Wildman–Crippen LogP) is 6.15. The summed E-state index contributed by atoms with van der Waals surface area (Å²) in [5, 5.41) is 3.81. The number of aryl methyl sites for hydroxylation is 1. The number of aromatic nitrogens is 1. The lowest BCUT2D eigenvalue weighted by atomic mass is 9.82. The van der Waals surface area contributed by atoms with E-state index in [1.54, 1.807) is 6.20 Å². The Morgan fingerprint density at radius 3 is 2.42 bits per heavy atom. The summed E-state index contributed by atoms with van der Waals surface area (Å²) < 4.78 is 5.27. The van der Waals surface area contributed by atoms with Gasteiger partial charge in [-0.15, -0.1) is 0 Å². The number of rotatable bonds is 4. The lowest BCUT2D eigenvalue weighted by Gasteiger charge is -2.22. The predicted molar refractivity (Wildman–Crippen MR) is 101 cm³/mol. The highest BCUT2D eigenvalue weighted by atomic mass is 16.5. The molecule has 2 aromatic rings. The Morgan fingerprint density at radius 1 is 1.17 bits per heavy atom. The van der Waals surface area contributed by atoms with Gasteiger partial charge in [-0.3, -0.25) is 0 Å². The quantitative estimate of drug-likeness (QED) is 0.674. The van der Waals surface area contributed by atoms with Gasteiger partial charge in [0.05, 0.1) is 6.20 Å². The van der Waals surface area contributed by atoms with Gasteiger partial charge in [0.25, 0.3) is 0 Å². The van der Waals surface area contributed by atoms with E-state index in [9.17, 15) is 0 Å². The summed E-state index contributed by atoms with van der Waals surface area (Å²) in [5.41, 5.74) is 7.58. The van der Waals surface area contributed by atoms with Gasteiger partial charge in [-0.1, -0.05) is 58.3 Å². The number of benzene rings is 1. The molecule has 0 saturated carbocycles. The molecule has 1 aliphatic carbocycles. The van der Waals surface area contributed by atoms with Gasteiger partial charge in [0.2, 0.25) is 0 Å². The van der Waals surface area contributed by atoms with Crippen LogP contribution < -0.4 is 0 Å². The zero-order valence-corrected chi connectivity index (χ0v) is 15.9. The highest BCUT2D eigenvalue weighted by Crippen LogP contribution is 2.50. The molecule has 128 valence electrons. The van der Waals surface area contributed by atoms with Gasteiger partial charge < -0.3 is 4.52 Å². The molecule has 0 amide bonds. The fraction of sp³-hybridized carbons (Fsp3) is 0.500. The van der Waals surface area contributed by atoms with Crippen molar-refractivity contribution >= 4 is 11.6 Å². The van der Waals surface area contributed by atoms with Gasteiger partial charge in [-0.05, 0) is 64.5 Å². The van der Waals surface area contributed by atoms with Gasteiger partial charge >= 0.3 is 0 Å². The van der Waals surface area contributed by atoms with E-state index in [1.807, 2.05) is 6.07 Å². The molecule has 1 aliphatic rings. The van der Waals surface area contributed by atoms with Crippen molar-refractivity contribution in [1.29, 1.82) is 0 Å². The minimum absolute atomic E-state index is 0.227. The number of hydrogen-bond donors (Lipinski definition) is 0. The highest BCUT2D eigenvalue weighted by molar-refractivity contribution is 5.81. The van der Waals surface area contributed by atoms with E-state index in [-0.39, 0.29) is 10.8 Å². The first-order valence-corrected chi connectivity index (χ1v) is 9.02. The molecule has 24 heavy (non-hydrogen) atoms. The maximum atomic E-state index is 5.27.